The quantitative estimate of drug-likeness (QED) is 0.539. The Bertz CT molecular complexity index is 1170. The summed E-state index contributed by atoms with van der Waals surface area (Å²) in [4.78, 5) is 20.9. The van der Waals surface area contributed by atoms with Crippen molar-refractivity contribution in [1.82, 2.24) is 25.1 Å². The van der Waals surface area contributed by atoms with Crippen molar-refractivity contribution in [2.75, 3.05) is 5.32 Å². The van der Waals surface area contributed by atoms with Gasteiger partial charge in [0.05, 0.1) is 23.6 Å². The topological polar surface area (TPSA) is 109 Å². The highest BCUT2D eigenvalue weighted by Gasteiger charge is 2.38. The summed E-state index contributed by atoms with van der Waals surface area (Å²) in [5.74, 6) is -0.154. The van der Waals surface area contributed by atoms with Gasteiger partial charge in [0, 0.05) is 23.5 Å². The molecule has 2 N–H and O–H groups in total. The second-order valence-electron chi connectivity index (χ2n) is 7.42. The number of anilines is 2. The molecule has 2 atom stereocenters. The van der Waals surface area contributed by atoms with Crippen molar-refractivity contribution in [3.05, 3.63) is 54.0 Å². The molecule has 1 unspecified atom stereocenters. The van der Waals surface area contributed by atoms with Crippen LogP contribution >= 0.6 is 0 Å². The van der Waals surface area contributed by atoms with E-state index in [1.165, 1.54) is 12.4 Å². The molecule has 0 radical (unpaired) electrons. The maximum atomic E-state index is 12.9. The van der Waals surface area contributed by atoms with E-state index in [0.29, 0.717) is 23.4 Å². The molecule has 1 aromatic carbocycles. The van der Waals surface area contributed by atoms with E-state index in [2.05, 4.69) is 25.7 Å². The Morgan fingerprint density at radius 1 is 1.24 bits per heavy atom. The molecular formula is C22H22F3N7O. The third kappa shape index (κ3) is 5.65. The Morgan fingerprint density at radius 2 is 1.94 bits per heavy atom. The third-order valence-electron chi connectivity index (χ3n) is 4.99. The number of hydrogen-bond acceptors (Lipinski definition) is 6. The number of carbonyl (C=O) groups is 1. The van der Waals surface area contributed by atoms with Gasteiger partial charge in [-0.15, -0.1) is 0 Å². The van der Waals surface area contributed by atoms with Crippen molar-refractivity contribution >= 4 is 17.5 Å². The van der Waals surface area contributed by atoms with Crippen LogP contribution in [0.5, 0.6) is 0 Å². The van der Waals surface area contributed by atoms with Crippen LogP contribution in [0.3, 0.4) is 0 Å². The van der Waals surface area contributed by atoms with E-state index < -0.39 is 18.3 Å². The number of amides is 1. The van der Waals surface area contributed by atoms with Gasteiger partial charge in [-0.1, -0.05) is 19.1 Å². The molecule has 0 aliphatic rings. The fourth-order valence-corrected chi connectivity index (χ4v) is 2.93. The SMILES string of the molecule is CC[C@@H](C#N)NC(=O)c1ccc(-c2nc(Nc3cnn(C(C)C(F)(F)F)c3)ncc2C)cc1. The second-order valence-corrected chi connectivity index (χ2v) is 7.42. The minimum absolute atomic E-state index is 0.191. The van der Waals surface area contributed by atoms with Crippen LogP contribution in [0.25, 0.3) is 11.3 Å². The Labute approximate surface area is 188 Å². The zero-order valence-corrected chi connectivity index (χ0v) is 18.2. The average Bonchev–Trinajstić information content (AvgIpc) is 3.25. The van der Waals surface area contributed by atoms with Gasteiger partial charge in [-0.2, -0.15) is 23.5 Å². The highest BCUT2D eigenvalue weighted by molar-refractivity contribution is 5.95. The van der Waals surface area contributed by atoms with Crippen LogP contribution in [-0.4, -0.2) is 37.9 Å². The van der Waals surface area contributed by atoms with Crippen molar-refractivity contribution in [1.29, 1.82) is 5.26 Å². The number of benzene rings is 1. The lowest BCUT2D eigenvalue weighted by Crippen LogP contribution is -2.33. The van der Waals surface area contributed by atoms with Gasteiger partial charge in [-0.25, -0.2) is 9.97 Å². The lowest BCUT2D eigenvalue weighted by atomic mass is 10.1. The number of rotatable bonds is 7. The van der Waals surface area contributed by atoms with Gasteiger partial charge in [0.25, 0.3) is 5.91 Å². The zero-order valence-electron chi connectivity index (χ0n) is 18.2. The average molecular weight is 457 g/mol. The molecular weight excluding hydrogens is 435 g/mol. The van der Waals surface area contributed by atoms with Crippen LogP contribution in [0, 0.1) is 18.3 Å². The number of halogens is 3. The molecule has 0 aliphatic carbocycles. The predicted octanol–water partition coefficient (Wildman–Crippen LogP) is 4.55. The monoisotopic (exact) mass is 457 g/mol. The van der Waals surface area contributed by atoms with Gasteiger partial charge in [0.15, 0.2) is 0 Å². The van der Waals surface area contributed by atoms with Crippen LogP contribution in [0.4, 0.5) is 24.8 Å². The number of aryl methyl sites for hydroxylation is 1. The zero-order chi connectivity index (χ0) is 24.2. The molecule has 0 spiro atoms. The van der Waals surface area contributed by atoms with Crippen LogP contribution in [0.1, 0.15) is 42.2 Å². The number of carbonyl (C=O) groups excluding carboxylic acids is 1. The third-order valence-corrected chi connectivity index (χ3v) is 4.99. The lowest BCUT2D eigenvalue weighted by Gasteiger charge is -2.15. The van der Waals surface area contributed by atoms with E-state index in [0.717, 1.165) is 22.7 Å². The van der Waals surface area contributed by atoms with Crippen molar-refractivity contribution in [3.63, 3.8) is 0 Å². The summed E-state index contributed by atoms with van der Waals surface area (Å²) in [5.41, 5.74) is 2.82. The van der Waals surface area contributed by atoms with Gasteiger partial charge in [-0.3, -0.25) is 9.48 Å². The van der Waals surface area contributed by atoms with E-state index in [1.807, 2.05) is 19.9 Å². The number of nitrogens with one attached hydrogen (secondary N) is 2. The van der Waals surface area contributed by atoms with Crippen LogP contribution < -0.4 is 10.6 Å². The summed E-state index contributed by atoms with van der Waals surface area (Å²) in [6, 6.07) is 6.41. The van der Waals surface area contributed by atoms with Crippen molar-refractivity contribution in [2.45, 2.75) is 45.5 Å². The maximum absolute atomic E-state index is 12.9. The van der Waals surface area contributed by atoms with Crippen LogP contribution in [0.15, 0.2) is 42.9 Å². The summed E-state index contributed by atoms with van der Waals surface area (Å²) >= 11 is 0. The molecule has 11 heteroatoms. The predicted molar refractivity (Wildman–Crippen MR) is 116 cm³/mol. The standard InChI is InChI=1S/C22H22F3N7O/c1-4-17(9-26)29-20(33)16-7-5-15(6-8-16)19-13(2)10-27-21(31-19)30-18-11-28-32(12-18)14(3)22(23,24)25/h5-8,10-12,14,17H,4H2,1-3H3,(H,29,33)(H,27,30,31)/t14?,17-/m0/s1. The fraction of sp³-hybridized carbons (Fsp3) is 0.318. The van der Waals surface area contributed by atoms with E-state index in [-0.39, 0.29) is 11.9 Å². The minimum atomic E-state index is -4.41. The molecule has 0 bridgehead atoms. The summed E-state index contributed by atoms with van der Waals surface area (Å²) in [5, 5.41) is 18.3. The summed E-state index contributed by atoms with van der Waals surface area (Å²) in [6.45, 7) is 4.65. The molecule has 33 heavy (non-hydrogen) atoms. The smallest absolute Gasteiger partial charge is 0.336 e. The van der Waals surface area contributed by atoms with E-state index in [9.17, 15) is 18.0 Å². The molecule has 8 nitrogen and oxygen atoms in total. The maximum Gasteiger partial charge on any atom is 0.410 e. The molecule has 2 heterocycles. The molecule has 2 aromatic heterocycles. The van der Waals surface area contributed by atoms with E-state index >= 15 is 0 Å². The number of nitriles is 1. The van der Waals surface area contributed by atoms with Gasteiger partial charge in [0.2, 0.25) is 5.95 Å². The van der Waals surface area contributed by atoms with Gasteiger partial charge in [0.1, 0.15) is 12.1 Å². The first-order valence-corrected chi connectivity index (χ1v) is 10.1. The fourth-order valence-electron chi connectivity index (χ4n) is 2.93. The molecule has 172 valence electrons. The minimum Gasteiger partial charge on any atom is -0.336 e. The molecule has 0 aliphatic heterocycles. The van der Waals surface area contributed by atoms with Crippen LogP contribution in [0.2, 0.25) is 0 Å². The Morgan fingerprint density at radius 3 is 2.55 bits per heavy atom. The highest BCUT2D eigenvalue weighted by atomic mass is 19.4. The first kappa shape index (κ1) is 23.7. The molecule has 0 fully saturated rings. The Kier molecular flexibility index (Phi) is 6.96. The van der Waals surface area contributed by atoms with Crippen LogP contribution in [-0.2, 0) is 0 Å². The van der Waals surface area contributed by atoms with Crippen molar-refractivity contribution in [2.24, 2.45) is 0 Å². The molecule has 0 saturated heterocycles. The molecule has 3 aromatic rings. The Hall–Kier alpha value is -3.94. The molecule has 1 amide bonds. The largest absolute Gasteiger partial charge is 0.410 e. The van der Waals surface area contributed by atoms with E-state index in [1.54, 1.807) is 30.5 Å². The number of hydrogen-bond donors (Lipinski definition) is 2. The van der Waals surface area contributed by atoms with E-state index in [4.69, 9.17) is 5.26 Å². The Balaban J connectivity index is 1.78. The van der Waals surface area contributed by atoms with Gasteiger partial charge >= 0.3 is 6.18 Å². The van der Waals surface area contributed by atoms with Crippen molar-refractivity contribution < 1.29 is 18.0 Å². The second kappa shape index (κ2) is 9.68. The first-order valence-electron chi connectivity index (χ1n) is 10.1. The van der Waals surface area contributed by atoms with Crippen molar-refractivity contribution in [3.8, 4) is 17.3 Å². The summed E-state index contributed by atoms with van der Waals surface area (Å²) in [6.07, 6.45) is 0.186. The number of nitrogens with zero attached hydrogens (tertiary/aromatic N) is 5. The normalized spacial score (nSPS) is 13.1. The number of aromatic nitrogens is 4. The van der Waals surface area contributed by atoms with Gasteiger partial charge in [-0.05, 0) is 38.0 Å². The summed E-state index contributed by atoms with van der Waals surface area (Å²) < 4.78 is 39.5. The van der Waals surface area contributed by atoms with Gasteiger partial charge < -0.3 is 10.6 Å². The first-order chi connectivity index (χ1) is 15.6. The molecule has 0 saturated carbocycles. The number of alkyl halides is 3. The molecule has 3 rings (SSSR count). The lowest BCUT2D eigenvalue weighted by molar-refractivity contribution is -0.165. The summed E-state index contributed by atoms with van der Waals surface area (Å²) in [7, 11) is 0. The highest BCUT2D eigenvalue weighted by Crippen LogP contribution is 2.30.